The monoisotopic (exact) mass is 350 g/mol. The summed E-state index contributed by atoms with van der Waals surface area (Å²) in [7, 11) is -2.07. The SMILES string of the molecule is Cn1cc([C@H]2CN(S(=O)(=O)c3ccc(F)c(C#N)c3)CCO2)cn1. The van der Waals surface area contributed by atoms with Crippen molar-refractivity contribution in [2.45, 2.75) is 11.0 Å². The minimum Gasteiger partial charge on any atom is -0.371 e. The molecule has 2 aromatic rings. The molecule has 1 aliphatic heterocycles. The molecule has 1 atom stereocenters. The van der Waals surface area contributed by atoms with Crippen molar-refractivity contribution in [3.63, 3.8) is 0 Å². The molecule has 0 amide bonds. The van der Waals surface area contributed by atoms with Crippen molar-refractivity contribution >= 4 is 10.0 Å². The van der Waals surface area contributed by atoms with Gasteiger partial charge in [-0.3, -0.25) is 4.68 Å². The predicted octanol–water partition coefficient (Wildman–Crippen LogP) is 1.19. The number of rotatable bonds is 3. The highest BCUT2D eigenvalue weighted by Gasteiger charge is 2.32. The van der Waals surface area contributed by atoms with Gasteiger partial charge in [0.2, 0.25) is 10.0 Å². The van der Waals surface area contributed by atoms with Crippen LogP contribution in [0.25, 0.3) is 0 Å². The van der Waals surface area contributed by atoms with Gasteiger partial charge in [0.15, 0.2) is 0 Å². The molecular weight excluding hydrogens is 335 g/mol. The molecule has 0 spiro atoms. The maximum atomic E-state index is 13.4. The molecule has 24 heavy (non-hydrogen) atoms. The molecule has 1 fully saturated rings. The van der Waals surface area contributed by atoms with Crippen molar-refractivity contribution in [1.29, 1.82) is 5.26 Å². The Bertz CT molecular complexity index is 904. The second kappa shape index (κ2) is 6.32. The number of aryl methyl sites for hydroxylation is 1. The lowest BCUT2D eigenvalue weighted by molar-refractivity contribution is -0.00259. The number of halogens is 1. The third-order valence-corrected chi connectivity index (χ3v) is 5.68. The van der Waals surface area contributed by atoms with Crippen LogP contribution in [0.3, 0.4) is 0 Å². The minimum atomic E-state index is -3.84. The number of hydrogen-bond donors (Lipinski definition) is 0. The number of morpholine rings is 1. The molecule has 9 heteroatoms. The number of aromatic nitrogens is 2. The van der Waals surface area contributed by atoms with Crippen molar-refractivity contribution in [2.75, 3.05) is 19.7 Å². The Morgan fingerprint density at radius 2 is 2.25 bits per heavy atom. The Hall–Kier alpha value is -2.28. The average molecular weight is 350 g/mol. The summed E-state index contributed by atoms with van der Waals surface area (Å²) in [5, 5.41) is 12.9. The van der Waals surface area contributed by atoms with E-state index in [1.54, 1.807) is 30.2 Å². The smallest absolute Gasteiger partial charge is 0.243 e. The molecule has 0 unspecified atom stereocenters. The van der Waals surface area contributed by atoms with Gasteiger partial charge in [0.1, 0.15) is 11.9 Å². The summed E-state index contributed by atoms with van der Waals surface area (Å²) < 4.78 is 47.5. The number of hydrogen-bond acceptors (Lipinski definition) is 5. The minimum absolute atomic E-state index is 0.104. The molecule has 0 aliphatic carbocycles. The Balaban J connectivity index is 1.88. The van der Waals surface area contributed by atoms with E-state index in [0.717, 1.165) is 17.7 Å². The fourth-order valence-corrected chi connectivity index (χ4v) is 4.00. The number of sulfonamides is 1. The van der Waals surface area contributed by atoms with Crippen LogP contribution in [0.2, 0.25) is 0 Å². The maximum Gasteiger partial charge on any atom is 0.243 e. The highest BCUT2D eigenvalue weighted by atomic mass is 32.2. The molecule has 1 aromatic carbocycles. The third-order valence-electron chi connectivity index (χ3n) is 3.82. The molecule has 0 bridgehead atoms. The summed E-state index contributed by atoms with van der Waals surface area (Å²) in [5.41, 5.74) is 0.488. The van der Waals surface area contributed by atoms with Crippen LogP contribution in [0.15, 0.2) is 35.5 Å². The molecule has 126 valence electrons. The van der Waals surface area contributed by atoms with Crippen LogP contribution in [-0.4, -0.2) is 42.2 Å². The van der Waals surface area contributed by atoms with Gasteiger partial charge in [0.05, 0.1) is 29.4 Å². The van der Waals surface area contributed by atoms with Crippen molar-refractivity contribution in [1.82, 2.24) is 14.1 Å². The third kappa shape index (κ3) is 3.03. The predicted molar refractivity (Wildman–Crippen MR) is 81.8 cm³/mol. The molecular formula is C15H15FN4O3S. The molecule has 0 N–H and O–H groups in total. The molecule has 1 aliphatic rings. The first-order chi connectivity index (χ1) is 11.4. The quantitative estimate of drug-likeness (QED) is 0.830. The van der Waals surface area contributed by atoms with E-state index in [2.05, 4.69) is 5.10 Å². The van der Waals surface area contributed by atoms with Crippen LogP contribution in [0.1, 0.15) is 17.2 Å². The normalized spacial score (nSPS) is 19.1. The zero-order valence-electron chi connectivity index (χ0n) is 12.9. The lowest BCUT2D eigenvalue weighted by Gasteiger charge is -2.31. The standard InChI is InChI=1S/C15H15FN4O3S/c1-19-9-12(8-18-19)15-10-20(4-5-23-15)24(21,22)13-2-3-14(16)11(6-13)7-17/h2-3,6,8-9,15H,4-5,10H2,1H3/t15-/m1/s1. The molecule has 1 aromatic heterocycles. The molecule has 7 nitrogen and oxygen atoms in total. The van der Waals surface area contributed by atoms with Crippen LogP contribution < -0.4 is 0 Å². The number of nitrogens with zero attached hydrogens (tertiary/aromatic N) is 4. The van der Waals surface area contributed by atoms with Gasteiger partial charge in [-0.2, -0.15) is 14.7 Å². The van der Waals surface area contributed by atoms with Gasteiger partial charge < -0.3 is 4.74 Å². The number of benzene rings is 1. The lowest BCUT2D eigenvalue weighted by Crippen LogP contribution is -2.42. The van der Waals surface area contributed by atoms with Crippen molar-refractivity contribution in [3.8, 4) is 6.07 Å². The van der Waals surface area contributed by atoms with Crippen LogP contribution in [0.5, 0.6) is 0 Å². The van der Waals surface area contributed by atoms with Crippen LogP contribution >= 0.6 is 0 Å². The highest BCUT2D eigenvalue weighted by Crippen LogP contribution is 2.26. The van der Waals surface area contributed by atoms with Crippen LogP contribution in [-0.2, 0) is 21.8 Å². The second-order valence-corrected chi connectivity index (χ2v) is 7.36. The van der Waals surface area contributed by atoms with Crippen molar-refractivity contribution in [2.24, 2.45) is 7.05 Å². The summed E-state index contributed by atoms with van der Waals surface area (Å²) in [5.74, 6) is -0.744. The summed E-state index contributed by atoms with van der Waals surface area (Å²) in [6, 6.07) is 4.87. The molecule has 0 saturated carbocycles. The van der Waals surface area contributed by atoms with Crippen LogP contribution in [0, 0.1) is 17.1 Å². The van der Waals surface area contributed by atoms with Crippen molar-refractivity contribution in [3.05, 3.63) is 47.5 Å². The van der Waals surface area contributed by atoms with Gasteiger partial charge in [-0.15, -0.1) is 0 Å². The number of nitriles is 1. The first-order valence-corrected chi connectivity index (χ1v) is 8.66. The van der Waals surface area contributed by atoms with Gasteiger partial charge >= 0.3 is 0 Å². The van der Waals surface area contributed by atoms with E-state index in [-0.39, 0.29) is 30.2 Å². The zero-order chi connectivity index (χ0) is 17.3. The summed E-state index contributed by atoms with van der Waals surface area (Å²) >= 11 is 0. The largest absolute Gasteiger partial charge is 0.371 e. The summed E-state index contributed by atoms with van der Waals surface area (Å²) in [4.78, 5) is -0.104. The fourth-order valence-electron chi connectivity index (χ4n) is 2.55. The van der Waals surface area contributed by atoms with Crippen LogP contribution in [0.4, 0.5) is 4.39 Å². The molecule has 3 rings (SSSR count). The first kappa shape index (κ1) is 16.6. The van der Waals surface area contributed by atoms with Crippen molar-refractivity contribution < 1.29 is 17.5 Å². The average Bonchev–Trinajstić information content (AvgIpc) is 3.02. The number of ether oxygens (including phenoxy) is 1. The lowest BCUT2D eigenvalue weighted by atomic mass is 10.2. The summed E-state index contributed by atoms with van der Waals surface area (Å²) in [6.45, 7) is 0.566. The zero-order valence-corrected chi connectivity index (χ0v) is 13.7. The van der Waals surface area contributed by atoms with Gasteiger partial charge in [-0.25, -0.2) is 12.8 Å². The summed E-state index contributed by atoms with van der Waals surface area (Å²) in [6.07, 6.45) is 2.98. The van der Waals surface area contributed by atoms with E-state index in [1.807, 2.05) is 0 Å². The Kier molecular flexibility index (Phi) is 4.36. The topological polar surface area (TPSA) is 88.2 Å². The van der Waals surface area contributed by atoms with E-state index >= 15 is 0 Å². The van der Waals surface area contributed by atoms with E-state index in [1.165, 1.54) is 10.4 Å². The van der Waals surface area contributed by atoms with E-state index in [0.29, 0.717) is 0 Å². The van der Waals surface area contributed by atoms with Gasteiger partial charge in [-0.05, 0) is 18.2 Å². The first-order valence-electron chi connectivity index (χ1n) is 7.22. The van der Waals surface area contributed by atoms with Gasteiger partial charge in [0.25, 0.3) is 0 Å². The fraction of sp³-hybridized carbons (Fsp3) is 0.333. The maximum absolute atomic E-state index is 13.4. The molecule has 2 heterocycles. The van der Waals surface area contributed by atoms with Gasteiger partial charge in [-0.1, -0.05) is 0 Å². The highest BCUT2D eigenvalue weighted by molar-refractivity contribution is 7.89. The molecule has 0 radical (unpaired) electrons. The van der Waals surface area contributed by atoms with E-state index < -0.39 is 21.9 Å². The Labute approximate surface area is 138 Å². The van der Waals surface area contributed by atoms with E-state index in [9.17, 15) is 12.8 Å². The Morgan fingerprint density at radius 1 is 1.46 bits per heavy atom. The molecule has 1 saturated heterocycles. The second-order valence-electron chi connectivity index (χ2n) is 5.42. The Morgan fingerprint density at radius 3 is 2.92 bits per heavy atom. The van der Waals surface area contributed by atoms with E-state index in [4.69, 9.17) is 10.00 Å². The van der Waals surface area contributed by atoms with Gasteiger partial charge in [0, 0.05) is 31.9 Å².